The number of nitrogens with zero attached hydrogens (tertiary/aromatic N) is 2. The molecule has 12 nitrogen and oxygen atoms in total. The first-order chi connectivity index (χ1) is 28.4. The van der Waals surface area contributed by atoms with Gasteiger partial charge in [0.2, 0.25) is 5.79 Å². The molecule has 1 fully saturated rings. The minimum absolute atomic E-state index is 0.0532. The number of thioether (sulfide) groups is 1. The van der Waals surface area contributed by atoms with Crippen molar-refractivity contribution in [2.75, 3.05) is 65.7 Å². The fourth-order valence-corrected chi connectivity index (χ4v) is 9.06. The number of ether oxygens (including phenoxy) is 5. The monoisotopic (exact) mass is 822 g/mol. The van der Waals surface area contributed by atoms with E-state index in [1.807, 2.05) is 49.6 Å². The second kappa shape index (κ2) is 23.1. The Morgan fingerprint density at radius 3 is 2.43 bits per heavy atom. The summed E-state index contributed by atoms with van der Waals surface area (Å²) in [6.45, 7) is 10.7. The summed E-state index contributed by atoms with van der Waals surface area (Å²) >= 11 is 1.67. The molecular weight excluding hydrogens is 761 g/mol. The smallest absolute Gasteiger partial charge is 0.410 e. The third-order valence-corrected chi connectivity index (χ3v) is 11.9. The quantitative estimate of drug-likeness (QED) is 0.0389. The SMILES string of the molecule is C=CCCOC(=O)N(CCOCCO)[C@H]1CC(=NOCC)C2=C[C@H](CCCCO)[C@@H](CCCCO)[C@@H]3c4cc(Oc5ccc(SC)cc5)ccc4O[C@@]1(OCC=C)[C@H]23. The standard InChI is InChI=1S/C45H62N2O10S/c1-5-8-26-53-44(51)47(21-27-52-28-24-50)41-31-39(46-55-7-3)37-29-32(13-9-11-22-48)36(14-10-12-23-49)42-38-30-34(56-33-15-18-35(58-4)19-16-33)17-20-40(38)57-45(41,43(37)42)54-25-6-2/h5-6,15-20,29-30,32,36,41-43,48-50H,1-2,7-14,21-28,31H2,3-4H3/t32-,36+,41-,42+,43+,45+/m0/s1. The third kappa shape index (κ3) is 10.8. The van der Waals surface area contributed by atoms with Crippen molar-refractivity contribution < 1.29 is 48.6 Å². The number of carbonyl (C=O) groups is 1. The van der Waals surface area contributed by atoms with Gasteiger partial charge in [-0.15, -0.1) is 24.9 Å². The minimum Gasteiger partial charge on any atom is -0.459 e. The molecule has 1 aliphatic heterocycles. The van der Waals surface area contributed by atoms with Crippen LogP contribution in [0.2, 0.25) is 0 Å². The predicted octanol–water partition coefficient (Wildman–Crippen LogP) is 7.88. The lowest BCUT2D eigenvalue weighted by molar-refractivity contribution is -0.256. The second-order valence-electron chi connectivity index (χ2n) is 14.7. The van der Waals surface area contributed by atoms with E-state index in [1.165, 1.54) is 0 Å². The van der Waals surface area contributed by atoms with Crippen molar-refractivity contribution in [1.29, 1.82) is 0 Å². The Hall–Kier alpha value is -3.85. The van der Waals surface area contributed by atoms with E-state index < -0.39 is 23.8 Å². The van der Waals surface area contributed by atoms with Crippen LogP contribution < -0.4 is 9.47 Å². The van der Waals surface area contributed by atoms with Crippen molar-refractivity contribution in [1.82, 2.24) is 4.90 Å². The molecule has 1 amide bonds. The Bertz CT molecular complexity index is 1690. The normalized spacial score (nSPS) is 23.8. The molecule has 3 aliphatic rings. The first kappa shape index (κ1) is 45.2. The van der Waals surface area contributed by atoms with E-state index in [0.29, 0.717) is 48.8 Å². The molecule has 0 unspecified atom stereocenters. The van der Waals surface area contributed by atoms with Gasteiger partial charge in [-0.05, 0) is 105 Å². The van der Waals surface area contributed by atoms with Gasteiger partial charge in [0.1, 0.15) is 29.9 Å². The van der Waals surface area contributed by atoms with Crippen LogP contribution in [-0.4, -0.2) is 110 Å². The molecule has 0 saturated heterocycles. The Kier molecular flexibility index (Phi) is 18.0. The second-order valence-corrected chi connectivity index (χ2v) is 15.6. The van der Waals surface area contributed by atoms with E-state index >= 15 is 0 Å². The Morgan fingerprint density at radius 1 is 0.983 bits per heavy atom. The summed E-state index contributed by atoms with van der Waals surface area (Å²) < 4.78 is 32.3. The molecular formula is C45H62N2O10S. The van der Waals surface area contributed by atoms with Crippen LogP contribution in [0.25, 0.3) is 0 Å². The van der Waals surface area contributed by atoms with E-state index in [1.54, 1.807) is 28.8 Å². The van der Waals surface area contributed by atoms with Crippen molar-refractivity contribution in [3.63, 3.8) is 0 Å². The van der Waals surface area contributed by atoms with E-state index in [9.17, 15) is 20.1 Å². The minimum atomic E-state index is -1.45. The fourth-order valence-electron chi connectivity index (χ4n) is 8.65. The fraction of sp³-hybridized carbons (Fsp3) is 0.556. The van der Waals surface area contributed by atoms with Crippen LogP contribution in [0, 0.1) is 17.8 Å². The van der Waals surface area contributed by atoms with Gasteiger partial charge in [-0.2, -0.15) is 0 Å². The van der Waals surface area contributed by atoms with Crippen LogP contribution in [0.5, 0.6) is 17.2 Å². The highest BCUT2D eigenvalue weighted by molar-refractivity contribution is 7.98. The molecule has 2 aliphatic carbocycles. The van der Waals surface area contributed by atoms with E-state index in [2.05, 4.69) is 25.3 Å². The molecule has 2 aromatic carbocycles. The highest BCUT2D eigenvalue weighted by Gasteiger charge is 2.65. The number of aliphatic hydroxyl groups is 3. The van der Waals surface area contributed by atoms with Crippen molar-refractivity contribution in [3.05, 3.63) is 85.0 Å². The summed E-state index contributed by atoms with van der Waals surface area (Å²) in [6, 6.07) is 13.1. The van der Waals surface area contributed by atoms with Crippen LogP contribution >= 0.6 is 11.8 Å². The average Bonchev–Trinajstić information content (AvgIpc) is 3.24. The number of hydrogen-bond donors (Lipinski definition) is 3. The molecule has 1 heterocycles. The molecule has 5 rings (SSSR count). The number of fused-ring (bicyclic) bond motifs is 2. The highest BCUT2D eigenvalue weighted by atomic mass is 32.2. The molecule has 13 heteroatoms. The first-order valence-corrected chi connectivity index (χ1v) is 21.9. The number of allylic oxidation sites excluding steroid dienone is 1. The van der Waals surface area contributed by atoms with Gasteiger partial charge in [-0.1, -0.05) is 36.2 Å². The lowest BCUT2D eigenvalue weighted by Crippen LogP contribution is -2.70. The van der Waals surface area contributed by atoms with Gasteiger partial charge in [-0.3, -0.25) is 4.90 Å². The number of benzene rings is 2. The van der Waals surface area contributed by atoms with Gasteiger partial charge in [0.25, 0.3) is 0 Å². The largest absolute Gasteiger partial charge is 0.459 e. The summed E-state index contributed by atoms with van der Waals surface area (Å²) in [5, 5.41) is 34.0. The molecule has 0 bridgehead atoms. The maximum absolute atomic E-state index is 14.3. The molecule has 0 aromatic heterocycles. The van der Waals surface area contributed by atoms with Crippen LogP contribution in [0.15, 0.2) is 89.5 Å². The molecule has 2 aromatic rings. The third-order valence-electron chi connectivity index (χ3n) is 11.1. The lowest BCUT2D eigenvalue weighted by Gasteiger charge is -2.59. The highest BCUT2D eigenvalue weighted by Crippen LogP contribution is 2.62. The Labute approximate surface area is 347 Å². The maximum Gasteiger partial charge on any atom is 0.410 e. The number of oxime groups is 1. The van der Waals surface area contributed by atoms with Gasteiger partial charge in [0.05, 0.1) is 44.7 Å². The molecule has 0 radical (unpaired) electrons. The van der Waals surface area contributed by atoms with Gasteiger partial charge in [0, 0.05) is 42.6 Å². The average molecular weight is 823 g/mol. The van der Waals surface area contributed by atoms with Crippen LogP contribution in [0.4, 0.5) is 4.79 Å². The van der Waals surface area contributed by atoms with Crippen molar-refractivity contribution >= 4 is 23.6 Å². The molecule has 318 valence electrons. The zero-order chi connectivity index (χ0) is 41.3. The lowest BCUT2D eigenvalue weighted by atomic mass is 9.55. The van der Waals surface area contributed by atoms with Gasteiger partial charge >= 0.3 is 6.09 Å². The zero-order valence-corrected chi connectivity index (χ0v) is 34.9. The topological polar surface area (TPSA) is 149 Å². The van der Waals surface area contributed by atoms with Crippen molar-refractivity contribution in [3.8, 4) is 17.2 Å². The summed E-state index contributed by atoms with van der Waals surface area (Å²) in [5.41, 5.74) is 2.58. The van der Waals surface area contributed by atoms with Crippen LogP contribution in [-0.2, 0) is 19.0 Å². The number of hydrogen-bond acceptors (Lipinski definition) is 12. The predicted molar refractivity (Wildman–Crippen MR) is 226 cm³/mol. The van der Waals surface area contributed by atoms with Crippen molar-refractivity contribution in [2.24, 2.45) is 22.9 Å². The number of rotatable bonds is 25. The van der Waals surface area contributed by atoms with E-state index in [0.717, 1.165) is 41.7 Å². The number of aliphatic hydroxyl groups excluding tert-OH is 3. The number of unbranched alkanes of at least 4 members (excludes halogenated alkanes) is 2. The summed E-state index contributed by atoms with van der Waals surface area (Å²) in [6.07, 6.45) is 12.5. The maximum atomic E-state index is 14.3. The molecule has 0 spiro atoms. The summed E-state index contributed by atoms with van der Waals surface area (Å²) in [4.78, 5) is 22.8. The summed E-state index contributed by atoms with van der Waals surface area (Å²) in [7, 11) is 0. The van der Waals surface area contributed by atoms with Gasteiger partial charge < -0.3 is 43.8 Å². The van der Waals surface area contributed by atoms with Gasteiger partial charge in [-0.25, -0.2) is 4.79 Å². The molecule has 3 N–H and O–H groups in total. The zero-order valence-electron chi connectivity index (χ0n) is 34.1. The van der Waals surface area contributed by atoms with Gasteiger partial charge in [0.15, 0.2) is 0 Å². The van der Waals surface area contributed by atoms with Crippen LogP contribution in [0.1, 0.15) is 69.8 Å². The summed E-state index contributed by atoms with van der Waals surface area (Å²) in [5.74, 6) is -0.0210. The Morgan fingerprint density at radius 2 is 1.74 bits per heavy atom. The number of amides is 1. The van der Waals surface area contributed by atoms with E-state index in [4.69, 9.17) is 33.7 Å². The van der Waals surface area contributed by atoms with Crippen LogP contribution in [0.3, 0.4) is 0 Å². The first-order valence-electron chi connectivity index (χ1n) is 20.6. The van der Waals surface area contributed by atoms with E-state index in [-0.39, 0.29) is 77.0 Å². The number of carbonyl (C=O) groups excluding carboxylic acids is 1. The molecule has 1 saturated carbocycles. The molecule has 58 heavy (non-hydrogen) atoms. The van der Waals surface area contributed by atoms with Crippen molar-refractivity contribution in [2.45, 2.75) is 80.9 Å². The molecule has 6 atom stereocenters. The Balaban J connectivity index is 1.74.